The fourth-order valence-corrected chi connectivity index (χ4v) is 2.88. The zero-order valence-corrected chi connectivity index (χ0v) is 13.2. The van der Waals surface area contributed by atoms with E-state index in [0.29, 0.717) is 42.8 Å². The van der Waals surface area contributed by atoms with Gasteiger partial charge in [-0.15, -0.1) is 12.4 Å². The van der Waals surface area contributed by atoms with Gasteiger partial charge in [-0.1, -0.05) is 11.6 Å². The van der Waals surface area contributed by atoms with Gasteiger partial charge in [-0.2, -0.15) is 0 Å². The van der Waals surface area contributed by atoms with Crippen molar-refractivity contribution < 1.29 is 14.6 Å². The molecule has 0 radical (unpaired) electrons. The van der Waals surface area contributed by atoms with Gasteiger partial charge in [-0.05, 0) is 17.7 Å². The van der Waals surface area contributed by atoms with Crippen molar-refractivity contribution in [3.63, 3.8) is 0 Å². The van der Waals surface area contributed by atoms with Crippen LogP contribution in [0.5, 0.6) is 11.5 Å². The predicted octanol–water partition coefficient (Wildman–Crippen LogP) is 1.20. The standard InChI is InChI=1S/C14H19ClN2O3.ClH/c15-11-3-9(4-13-14(11)20-2-1-19-13)5-16-6-10-7-17-8-12(10)18;/h3-4,10,12,16-18H,1-2,5-8H2;1H. The van der Waals surface area contributed by atoms with Gasteiger partial charge in [-0.3, -0.25) is 0 Å². The van der Waals surface area contributed by atoms with Crippen LogP contribution in [0.4, 0.5) is 0 Å². The maximum Gasteiger partial charge on any atom is 0.179 e. The Morgan fingerprint density at radius 2 is 2.10 bits per heavy atom. The number of hydrogen-bond donors (Lipinski definition) is 3. The lowest BCUT2D eigenvalue weighted by Crippen LogP contribution is -2.30. The summed E-state index contributed by atoms with van der Waals surface area (Å²) in [5.74, 6) is 1.61. The van der Waals surface area contributed by atoms with Crippen molar-refractivity contribution in [3.05, 3.63) is 22.7 Å². The molecule has 1 saturated heterocycles. The van der Waals surface area contributed by atoms with E-state index in [1.54, 1.807) is 0 Å². The van der Waals surface area contributed by atoms with Crippen LogP contribution in [-0.2, 0) is 6.54 Å². The molecule has 5 nitrogen and oxygen atoms in total. The lowest BCUT2D eigenvalue weighted by molar-refractivity contribution is 0.146. The zero-order chi connectivity index (χ0) is 13.9. The molecule has 21 heavy (non-hydrogen) atoms. The minimum absolute atomic E-state index is 0. The quantitative estimate of drug-likeness (QED) is 0.772. The highest BCUT2D eigenvalue weighted by molar-refractivity contribution is 6.32. The highest BCUT2D eigenvalue weighted by atomic mass is 35.5. The number of fused-ring (bicyclic) bond motifs is 1. The van der Waals surface area contributed by atoms with Gasteiger partial charge < -0.3 is 25.2 Å². The first-order valence-electron chi connectivity index (χ1n) is 6.91. The second kappa shape index (κ2) is 7.51. The van der Waals surface area contributed by atoms with Gasteiger partial charge >= 0.3 is 0 Å². The first-order chi connectivity index (χ1) is 9.74. The Hall–Kier alpha value is -0.720. The van der Waals surface area contributed by atoms with E-state index in [1.165, 1.54) is 0 Å². The van der Waals surface area contributed by atoms with Gasteiger partial charge in [0.1, 0.15) is 13.2 Å². The van der Waals surface area contributed by atoms with E-state index in [1.807, 2.05) is 12.1 Å². The molecule has 0 aromatic heterocycles. The third-order valence-corrected chi connectivity index (χ3v) is 3.98. The smallest absolute Gasteiger partial charge is 0.179 e. The molecule has 2 heterocycles. The van der Waals surface area contributed by atoms with Crippen LogP contribution in [0.15, 0.2) is 12.1 Å². The highest BCUT2D eigenvalue weighted by Gasteiger charge is 2.24. The van der Waals surface area contributed by atoms with Crippen LogP contribution in [-0.4, -0.2) is 44.1 Å². The molecule has 2 aliphatic rings. The Balaban J connectivity index is 0.00000161. The minimum Gasteiger partial charge on any atom is -0.486 e. The van der Waals surface area contributed by atoms with Crippen LogP contribution >= 0.6 is 24.0 Å². The van der Waals surface area contributed by atoms with Crippen LogP contribution in [0.3, 0.4) is 0 Å². The molecule has 118 valence electrons. The normalized spacial score (nSPS) is 23.7. The summed E-state index contributed by atoms with van der Waals surface area (Å²) < 4.78 is 11.0. The van der Waals surface area contributed by atoms with Gasteiger partial charge in [-0.25, -0.2) is 0 Å². The summed E-state index contributed by atoms with van der Waals surface area (Å²) in [7, 11) is 0. The molecule has 0 bridgehead atoms. The lowest BCUT2D eigenvalue weighted by Gasteiger charge is -2.20. The van der Waals surface area contributed by atoms with Crippen LogP contribution in [0.1, 0.15) is 5.56 Å². The van der Waals surface area contributed by atoms with Crippen LogP contribution in [0.2, 0.25) is 5.02 Å². The number of benzene rings is 1. The molecule has 7 heteroatoms. The van der Waals surface area contributed by atoms with Crippen LogP contribution in [0.25, 0.3) is 0 Å². The fourth-order valence-electron chi connectivity index (χ4n) is 2.60. The number of nitrogens with one attached hydrogen (secondary N) is 2. The predicted molar refractivity (Wildman–Crippen MR) is 83.8 cm³/mol. The molecule has 2 unspecified atom stereocenters. The monoisotopic (exact) mass is 334 g/mol. The average molecular weight is 335 g/mol. The molecule has 3 rings (SSSR count). The van der Waals surface area contributed by atoms with E-state index >= 15 is 0 Å². The summed E-state index contributed by atoms with van der Waals surface area (Å²) in [5, 5.41) is 16.8. The van der Waals surface area contributed by atoms with Crippen molar-refractivity contribution in [3.8, 4) is 11.5 Å². The summed E-state index contributed by atoms with van der Waals surface area (Å²) in [6.45, 7) is 4.11. The number of hydrogen-bond acceptors (Lipinski definition) is 5. The van der Waals surface area contributed by atoms with Crippen LogP contribution < -0.4 is 20.1 Å². The highest BCUT2D eigenvalue weighted by Crippen LogP contribution is 2.38. The Morgan fingerprint density at radius 1 is 1.29 bits per heavy atom. The molecular weight excluding hydrogens is 315 g/mol. The number of aliphatic hydroxyl groups excluding tert-OH is 1. The number of halogens is 2. The summed E-state index contributed by atoms with van der Waals surface area (Å²) in [4.78, 5) is 0. The number of ether oxygens (including phenoxy) is 2. The largest absolute Gasteiger partial charge is 0.486 e. The molecule has 0 saturated carbocycles. The first-order valence-corrected chi connectivity index (χ1v) is 7.29. The number of aliphatic hydroxyl groups is 1. The topological polar surface area (TPSA) is 62.8 Å². The lowest BCUT2D eigenvalue weighted by atomic mass is 10.1. The van der Waals surface area contributed by atoms with E-state index in [-0.39, 0.29) is 24.4 Å². The van der Waals surface area contributed by atoms with Gasteiger partial charge in [0.2, 0.25) is 0 Å². The van der Waals surface area contributed by atoms with Gasteiger partial charge in [0.25, 0.3) is 0 Å². The zero-order valence-electron chi connectivity index (χ0n) is 11.6. The van der Waals surface area contributed by atoms with Crippen molar-refractivity contribution >= 4 is 24.0 Å². The van der Waals surface area contributed by atoms with Crippen molar-refractivity contribution in [2.75, 3.05) is 32.8 Å². The third kappa shape index (κ3) is 3.93. The Kier molecular flexibility index (Phi) is 5.96. The molecule has 1 fully saturated rings. The van der Waals surface area contributed by atoms with Crippen LogP contribution in [0, 0.1) is 5.92 Å². The van der Waals surface area contributed by atoms with E-state index in [0.717, 1.165) is 18.7 Å². The van der Waals surface area contributed by atoms with Crippen molar-refractivity contribution in [1.29, 1.82) is 0 Å². The fraction of sp³-hybridized carbons (Fsp3) is 0.571. The molecule has 2 aliphatic heterocycles. The number of β-amino-alcohol motifs (C(OH)–C–C–N with tert-alkyl or cyclic N) is 1. The Labute approximate surface area is 135 Å². The minimum atomic E-state index is -0.258. The molecule has 0 aliphatic carbocycles. The molecule has 0 amide bonds. The van der Waals surface area contributed by atoms with Crippen molar-refractivity contribution in [1.82, 2.24) is 10.6 Å². The summed E-state index contributed by atoms with van der Waals surface area (Å²) >= 11 is 6.19. The Bertz CT molecular complexity index is 488. The van der Waals surface area contributed by atoms with Crippen molar-refractivity contribution in [2.45, 2.75) is 12.6 Å². The number of rotatable bonds is 4. The van der Waals surface area contributed by atoms with E-state index in [4.69, 9.17) is 21.1 Å². The third-order valence-electron chi connectivity index (χ3n) is 3.70. The maximum atomic E-state index is 9.73. The summed E-state index contributed by atoms with van der Waals surface area (Å²) in [5.41, 5.74) is 1.06. The molecule has 2 atom stereocenters. The molecule has 3 N–H and O–H groups in total. The van der Waals surface area contributed by atoms with E-state index < -0.39 is 0 Å². The molecule has 0 spiro atoms. The van der Waals surface area contributed by atoms with Crippen molar-refractivity contribution in [2.24, 2.45) is 5.92 Å². The van der Waals surface area contributed by atoms with Gasteiger partial charge in [0.15, 0.2) is 11.5 Å². The van der Waals surface area contributed by atoms with E-state index in [9.17, 15) is 5.11 Å². The second-order valence-corrected chi connectivity index (χ2v) is 5.63. The van der Waals surface area contributed by atoms with E-state index in [2.05, 4.69) is 10.6 Å². The first kappa shape index (κ1) is 16.6. The summed E-state index contributed by atoms with van der Waals surface area (Å²) in [6, 6.07) is 3.85. The van der Waals surface area contributed by atoms with Gasteiger partial charge in [0, 0.05) is 32.1 Å². The maximum absolute atomic E-state index is 9.73. The Morgan fingerprint density at radius 3 is 2.86 bits per heavy atom. The summed E-state index contributed by atoms with van der Waals surface area (Å²) in [6.07, 6.45) is -0.258. The molecule has 1 aromatic carbocycles. The molecule has 1 aromatic rings. The average Bonchev–Trinajstić information content (AvgIpc) is 2.85. The molecular formula is C14H20Cl2N2O3. The SMILES string of the molecule is Cl.OC1CNCC1CNCc1cc(Cl)c2c(c1)OCCO2. The van der Waals surface area contributed by atoms with Gasteiger partial charge in [0.05, 0.1) is 11.1 Å². The second-order valence-electron chi connectivity index (χ2n) is 5.22.